The summed E-state index contributed by atoms with van der Waals surface area (Å²) in [6.45, 7) is 5.89. The Bertz CT molecular complexity index is 683. The normalized spacial score (nSPS) is 24.1. The Morgan fingerprint density at radius 2 is 2.08 bits per heavy atom. The van der Waals surface area contributed by atoms with Crippen LogP contribution in [0.1, 0.15) is 19.8 Å². The minimum absolute atomic E-state index is 0. The lowest BCUT2D eigenvalue weighted by molar-refractivity contribution is 0.153. The molecule has 3 heterocycles. The van der Waals surface area contributed by atoms with Gasteiger partial charge in [0.1, 0.15) is 5.82 Å². The highest BCUT2D eigenvalue weighted by Crippen LogP contribution is 2.30. The number of H-pyrrole nitrogens is 1. The van der Waals surface area contributed by atoms with Crippen molar-refractivity contribution in [2.24, 2.45) is 5.92 Å². The standard InChI is InChI=1S/C18H24N4O.ClH/c1-2-13-12-21(9-7-16(13)22-10-8-19-18(22)23)17-11-14-5-3-4-6-15(14)20-17;/h3-6,11,13,16,20H,2,7-10,12H2,1H3,(H,19,23);1H. The Balaban J connectivity index is 0.00000169. The van der Waals surface area contributed by atoms with E-state index in [0.717, 1.165) is 39.0 Å². The van der Waals surface area contributed by atoms with E-state index in [1.807, 2.05) is 0 Å². The molecule has 2 aromatic rings. The number of rotatable bonds is 3. The number of piperidine rings is 1. The summed E-state index contributed by atoms with van der Waals surface area (Å²) >= 11 is 0. The predicted molar refractivity (Wildman–Crippen MR) is 100 cm³/mol. The monoisotopic (exact) mass is 348 g/mol. The summed E-state index contributed by atoms with van der Waals surface area (Å²) in [5.41, 5.74) is 1.19. The smallest absolute Gasteiger partial charge is 0.317 e. The van der Waals surface area contributed by atoms with Crippen LogP contribution in [0.15, 0.2) is 30.3 Å². The zero-order valence-electron chi connectivity index (χ0n) is 14.0. The van der Waals surface area contributed by atoms with Gasteiger partial charge in [-0.25, -0.2) is 4.79 Å². The SMILES string of the molecule is CCC1CN(c2cc3ccccc3[nH]2)CCC1N1CCNC1=O.Cl. The number of halogens is 1. The average molecular weight is 349 g/mol. The van der Waals surface area contributed by atoms with Crippen LogP contribution in [-0.2, 0) is 0 Å². The zero-order chi connectivity index (χ0) is 15.8. The van der Waals surface area contributed by atoms with Crippen LogP contribution in [0.3, 0.4) is 0 Å². The number of nitrogens with zero attached hydrogens (tertiary/aromatic N) is 2. The number of fused-ring (bicyclic) bond motifs is 1. The first-order valence-electron chi connectivity index (χ1n) is 8.63. The Morgan fingerprint density at radius 1 is 1.25 bits per heavy atom. The number of nitrogens with one attached hydrogen (secondary N) is 2. The Morgan fingerprint density at radius 3 is 2.79 bits per heavy atom. The number of urea groups is 1. The molecule has 0 spiro atoms. The molecule has 24 heavy (non-hydrogen) atoms. The number of hydrogen-bond acceptors (Lipinski definition) is 2. The van der Waals surface area contributed by atoms with Crippen molar-refractivity contribution in [1.82, 2.24) is 15.2 Å². The van der Waals surface area contributed by atoms with Crippen LogP contribution in [0.4, 0.5) is 10.6 Å². The largest absolute Gasteiger partial charge is 0.358 e. The fourth-order valence-electron chi connectivity index (χ4n) is 4.08. The molecule has 2 N–H and O–H groups in total. The van der Waals surface area contributed by atoms with Crippen LogP contribution in [0.5, 0.6) is 0 Å². The molecule has 2 saturated heterocycles. The third kappa shape index (κ3) is 2.93. The van der Waals surface area contributed by atoms with E-state index in [1.54, 1.807) is 0 Å². The maximum Gasteiger partial charge on any atom is 0.317 e. The lowest BCUT2D eigenvalue weighted by Crippen LogP contribution is -2.52. The highest BCUT2D eigenvalue weighted by atomic mass is 35.5. The molecule has 0 saturated carbocycles. The van der Waals surface area contributed by atoms with Crippen LogP contribution in [-0.4, -0.2) is 48.1 Å². The molecule has 2 atom stereocenters. The molecule has 1 aromatic heterocycles. The molecular formula is C18H25ClN4O. The number of aromatic nitrogens is 1. The molecule has 0 aliphatic carbocycles. The molecule has 6 heteroatoms. The number of hydrogen-bond donors (Lipinski definition) is 2. The number of carbonyl (C=O) groups is 1. The van der Waals surface area contributed by atoms with Crippen molar-refractivity contribution in [3.8, 4) is 0 Å². The molecule has 2 aliphatic rings. The number of aromatic amines is 1. The minimum Gasteiger partial charge on any atom is -0.358 e. The van der Waals surface area contributed by atoms with Gasteiger partial charge < -0.3 is 20.1 Å². The number of carbonyl (C=O) groups excluding carboxylic acids is 1. The number of anilines is 1. The van der Waals surface area contributed by atoms with Crippen molar-refractivity contribution < 1.29 is 4.79 Å². The van der Waals surface area contributed by atoms with Crippen molar-refractivity contribution in [1.29, 1.82) is 0 Å². The van der Waals surface area contributed by atoms with E-state index in [0.29, 0.717) is 12.0 Å². The maximum absolute atomic E-state index is 12.0. The van der Waals surface area contributed by atoms with Gasteiger partial charge in [-0.3, -0.25) is 0 Å². The van der Waals surface area contributed by atoms with Crippen molar-refractivity contribution in [2.75, 3.05) is 31.1 Å². The van der Waals surface area contributed by atoms with Gasteiger partial charge in [0.2, 0.25) is 0 Å². The van der Waals surface area contributed by atoms with Gasteiger partial charge in [-0.1, -0.05) is 25.1 Å². The Kier molecular flexibility index (Phi) is 4.90. The van der Waals surface area contributed by atoms with E-state index >= 15 is 0 Å². The number of para-hydroxylation sites is 1. The number of amides is 2. The van der Waals surface area contributed by atoms with E-state index in [4.69, 9.17) is 0 Å². The third-order valence-corrected chi connectivity index (χ3v) is 5.36. The fourth-order valence-corrected chi connectivity index (χ4v) is 4.08. The quantitative estimate of drug-likeness (QED) is 0.894. The van der Waals surface area contributed by atoms with Gasteiger partial charge >= 0.3 is 6.03 Å². The van der Waals surface area contributed by atoms with E-state index in [9.17, 15) is 4.79 Å². The molecule has 4 rings (SSSR count). The third-order valence-electron chi connectivity index (χ3n) is 5.36. The molecule has 0 bridgehead atoms. The molecule has 0 radical (unpaired) electrons. The van der Waals surface area contributed by atoms with E-state index in [-0.39, 0.29) is 18.4 Å². The Hall–Kier alpha value is -1.88. The topological polar surface area (TPSA) is 51.4 Å². The first-order valence-corrected chi connectivity index (χ1v) is 8.63. The van der Waals surface area contributed by atoms with E-state index < -0.39 is 0 Å². The van der Waals surface area contributed by atoms with Gasteiger partial charge in [0.05, 0.1) is 0 Å². The maximum atomic E-state index is 12.0. The van der Waals surface area contributed by atoms with Gasteiger partial charge in [-0.15, -0.1) is 12.4 Å². The van der Waals surface area contributed by atoms with Crippen molar-refractivity contribution in [3.05, 3.63) is 30.3 Å². The predicted octanol–water partition coefficient (Wildman–Crippen LogP) is 3.22. The fraction of sp³-hybridized carbons (Fsp3) is 0.500. The van der Waals surface area contributed by atoms with Gasteiger partial charge in [0, 0.05) is 43.1 Å². The van der Waals surface area contributed by atoms with Crippen LogP contribution in [0.2, 0.25) is 0 Å². The van der Waals surface area contributed by atoms with Gasteiger partial charge in [-0.05, 0) is 30.9 Å². The first kappa shape index (κ1) is 17.0. The average Bonchev–Trinajstić information content (AvgIpc) is 3.20. The summed E-state index contributed by atoms with van der Waals surface area (Å²) in [5, 5.41) is 4.20. The van der Waals surface area contributed by atoms with Crippen molar-refractivity contribution in [2.45, 2.75) is 25.8 Å². The van der Waals surface area contributed by atoms with Crippen molar-refractivity contribution >= 4 is 35.2 Å². The summed E-state index contributed by atoms with van der Waals surface area (Å²) in [5.74, 6) is 1.73. The molecule has 5 nitrogen and oxygen atoms in total. The zero-order valence-corrected chi connectivity index (χ0v) is 14.8. The minimum atomic E-state index is 0. The lowest BCUT2D eigenvalue weighted by Gasteiger charge is -2.42. The second kappa shape index (κ2) is 6.93. The molecule has 2 amide bonds. The summed E-state index contributed by atoms with van der Waals surface area (Å²) in [7, 11) is 0. The summed E-state index contributed by atoms with van der Waals surface area (Å²) in [6.07, 6.45) is 2.15. The second-order valence-corrected chi connectivity index (χ2v) is 6.64. The van der Waals surface area contributed by atoms with Gasteiger partial charge in [0.25, 0.3) is 0 Å². The highest BCUT2D eigenvalue weighted by Gasteiger charge is 2.36. The van der Waals surface area contributed by atoms with Crippen LogP contribution in [0.25, 0.3) is 10.9 Å². The van der Waals surface area contributed by atoms with Crippen LogP contribution >= 0.6 is 12.4 Å². The molecule has 2 fully saturated rings. The summed E-state index contributed by atoms with van der Waals surface area (Å²) in [6, 6.07) is 11.1. The second-order valence-electron chi connectivity index (χ2n) is 6.64. The van der Waals surface area contributed by atoms with E-state index in [2.05, 4.69) is 57.4 Å². The molecular weight excluding hydrogens is 324 g/mol. The lowest BCUT2D eigenvalue weighted by atomic mass is 9.89. The number of benzene rings is 1. The van der Waals surface area contributed by atoms with Crippen LogP contribution < -0.4 is 10.2 Å². The van der Waals surface area contributed by atoms with E-state index in [1.165, 1.54) is 16.7 Å². The summed E-state index contributed by atoms with van der Waals surface area (Å²) < 4.78 is 0. The molecule has 130 valence electrons. The highest BCUT2D eigenvalue weighted by molar-refractivity contribution is 5.85. The first-order chi connectivity index (χ1) is 11.3. The molecule has 2 aliphatic heterocycles. The van der Waals surface area contributed by atoms with Gasteiger partial charge in [-0.2, -0.15) is 0 Å². The Labute approximate surface area is 148 Å². The molecule has 2 unspecified atom stereocenters. The summed E-state index contributed by atoms with van der Waals surface area (Å²) in [4.78, 5) is 20.0. The van der Waals surface area contributed by atoms with Crippen molar-refractivity contribution in [3.63, 3.8) is 0 Å². The molecule has 1 aromatic carbocycles. The van der Waals surface area contributed by atoms with Gasteiger partial charge in [0.15, 0.2) is 0 Å². The van der Waals surface area contributed by atoms with Crippen LogP contribution in [0, 0.1) is 5.92 Å².